The molecule has 7 rings (SSSR count). The first kappa shape index (κ1) is 43.0. The fraction of sp³-hybridized carbons (Fsp3) is 0.310. The number of Topliss-reactive ketones (excluding diaryl/α,β-unsaturated/α-hetero) is 2. The molecule has 60 heavy (non-hydrogen) atoms. The van der Waals surface area contributed by atoms with Crippen molar-refractivity contribution in [3.05, 3.63) is 115 Å². The zero-order chi connectivity index (χ0) is 43.7. The molecule has 1 aromatic carbocycles. The average Bonchev–Trinajstić information content (AvgIpc) is 3.76. The summed E-state index contributed by atoms with van der Waals surface area (Å²) in [5.74, 6) is -3.68. The Morgan fingerprint density at radius 2 is 1.18 bits per heavy atom. The Labute approximate surface area is 364 Å². The number of benzene rings is 1. The molecule has 2 fully saturated rings. The molecular weight excluding hydrogens is 849 g/mol. The smallest absolute Gasteiger partial charge is 0.305 e. The zero-order valence-electron chi connectivity index (χ0n) is 33.2. The van der Waals surface area contributed by atoms with Crippen LogP contribution in [0.15, 0.2) is 104 Å². The van der Waals surface area contributed by atoms with E-state index in [0.717, 1.165) is 57.4 Å². The lowest BCUT2D eigenvalue weighted by molar-refractivity contribution is -0.301. The van der Waals surface area contributed by atoms with E-state index in [1.807, 2.05) is 57.7 Å². The third-order valence-electron chi connectivity index (χ3n) is 11.4. The number of hydrogen-bond acceptors (Lipinski definition) is 15. The van der Waals surface area contributed by atoms with Gasteiger partial charge in [0.1, 0.15) is 8.64 Å². The maximum atomic E-state index is 13.3. The Kier molecular flexibility index (Phi) is 11.3. The van der Waals surface area contributed by atoms with Gasteiger partial charge in [-0.2, -0.15) is 0 Å². The molecule has 2 aliphatic carbocycles. The van der Waals surface area contributed by atoms with Crippen LogP contribution < -0.4 is 20.0 Å². The van der Waals surface area contributed by atoms with Crippen molar-refractivity contribution >= 4 is 97.3 Å². The van der Waals surface area contributed by atoms with E-state index in [4.69, 9.17) is 34.8 Å². The summed E-state index contributed by atoms with van der Waals surface area (Å²) in [6.45, 7) is 8.26. The van der Waals surface area contributed by atoms with Gasteiger partial charge in [0.05, 0.1) is 22.8 Å². The van der Waals surface area contributed by atoms with Crippen molar-refractivity contribution in [1.29, 1.82) is 0 Å². The van der Waals surface area contributed by atoms with Crippen molar-refractivity contribution in [2.75, 3.05) is 43.6 Å². The van der Waals surface area contributed by atoms with Crippen LogP contribution in [0.1, 0.15) is 51.7 Å². The van der Waals surface area contributed by atoms with Crippen LogP contribution in [0.25, 0.3) is 0 Å². The number of aliphatic carboxylic acids is 1. The molecule has 6 aliphatic rings. The van der Waals surface area contributed by atoms with Crippen molar-refractivity contribution in [1.82, 2.24) is 9.80 Å². The quantitative estimate of drug-likeness (QED) is 0.106. The highest BCUT2D eigenvalue weighted by Gasteiger charge is 2.46. The number of fused-ring (bicyclic) bond motifs is 2. The summed E-state index contributed by atoms with van der Waals surface area (Å²) in [6, 6.07) is 4.12. The van der Waals surface area contributed by atoms with Gasteiger partial charge >= 0.3 is 5.97 Å². The molecule has 0 spiro atoms. The molecule has 18 heteroatoms. The minimum absolute atomic E-state index is 0.0156. The number of thiocarbonyl (C=S) groups is 2. The average molecular weight is 887 g/mol. The molecule has 14 nitrogen and oxygen atoms in total. The molecule has 0 saturated carbocycles. The number of nitrogens with zero attached hydrogens (tertiary/aromatic N) is 4. The summed E-state index contributed by atoms with van der Waals surface area (Å²) < 4.78 is 0.535. The number of carbonyl (C=O) groups is 5. The SMILES string of the molecule is CN1C(=CC2=C([O-])C(=C/C=C3\SC(=S)N(CCCOO)C3=O)C2=O)C(C)(C)c2cc3c(cc21)N(C)C(=CC1=C([O-])C(=C/C=C2\SC(=S)N(CCC(=O)O)C2=O)C1=O)C3(C)C. The second kappa shape index (κ2) is 15.7. The number of likely N-dealkylation sites (N-methyl/N-ethyl adjacent to an activating group) is 2. The lowest BCUT2D eigenvalue weighted by atomic mass is 9.76. The Balaban J connectivity index is 1.11. The number of carboxylic acid groups (broad SMARTS) is 1. The number of amides is 2. The number of allylic oxidation sites excluding steroid dienone is 12. The van der Waals surface area contributed by atoms with E-state index < -0.39 is 45.8 Å². The van der Waals surface area contributed by atoms with Crippen LogP contribution in [0, 0.1) is 0 Å². The van der Waals surface area contributed by atoms with Gasteiger partial charge < -0.3 is 25.1 Å². The first-order valence-corrected chi connectivity index (χ1v) is 21.1. The second-order valence-electron chi connectivity index (χ2n) is 15.7. The summed E-state index contributed by atoms with van der Waals surface area (Å²) >= 11 is 12.6. The van der Waals surface area contributed by atoms with Crippen molar-refractivity contribution < 1.29 is 49.4 Å². The van der Waals surface area contributed by atoms with Crippen LogP contribution in [0.5, 0.6) is 0 Å². The van der Waals surface area contributed by atoms with Gasteiger partial charge in [-0.15, -0.1) is 0 Å². The Morgan fingerprint density at radius 3 is 1.58 bits per heavy atom. The normalized spacial score (nSPS) is 24.9. The van der Waals surface area contributed by atoms with Crippen molar-refractivity contribution in [2.45, 2.75) is 51.4 Å². The van der Waals surface area contributed by atoms with Gasteiger partial charge in [0, 0.05) is 83.1 Å². The van der Waals surface area contributed by atoms with Crippen molar-refractivity contribution in [3.8, 4) is 0 Å². The van der Waals surface area contributed by atoms with Gasteiger partial charge in [-0.3, -0.25) is 39.0 Å². The summed E-state index contributed by atoms with van der Waals surface area (Å²) in [5, 5.41) is 44.2. The van der Waals surface area contributed by atoms with Gasteiger partial charge in [0.15, 0.2) is 11.6 Å². The van der Waals surface area contributed by atoms with E-state index in [1.165, 1.54) is 34.1 Å². The first-order chi connectivity index (χ1) is 28.2. The molecule has 2 saturated heterocycles. The van der Waals surface area contributed by atoms with Crippen molar-refractivity contribution in [2.24, 2.45) is 0 Å². The molecule has 1 aromatic rings. The van der Waals surface area contributed by atoms with Crippen LogP contribution in [-0.2, 0) is 39.7 Å². The monoisotopic (exact) mass is 886 g/mol. The van der Waals surface area contributed by atoms with E-state index in [9.17, 15) is 34.2 Å². The fourth-order valence-corrected chi connectivity index (χ4v) is 10.5. The molecule has 2 amide bonds. The van der Waals surface area contributed by atoms with E-state index in [1.54, 1.807) is 12.2 Å². The number of carboxylic acids is 1. The van der Waals surface area contributed by atoms with Gasteiger partial charge in [0.2, 0.25) is 0 Å². The summed E-state index contributed by atoms with van der Waals surface area (Å²) in [7, 11) is 3.73. The topological polar surface area (TPSA) is 194 Å². The standard InChI is InChI=1S/C42H40N4O10S4/c1-41(2)24-18-25-27(19-26(24)43(5)30(41)16-22-33(49)20(34(22)50)8-10-28-37(53)45(39(57)59-28)13-7-15-56-55)44(6)31(42(25,3)4)17-23-35(51)21(36(23)52)9-11-29-38(54)46(40(58)60-29)14-12-32(47)48/h8-11,16-19,49,51,55H,7,12-15H2,1-6H3,(H,47,48)/p-2/b20-8?,21-9?,28-10-,29-11-,30-16?,31-17?. The van der Waals surface area contributed by atoms with Crippen LogP contribution in [-0.4, -0.2) is 91.9 Å². The summed E-state index contributed by atoms with van der Waals surface area (Å²) in [5.41, 5.74) is 3.77. The number of anilines is 2. The molecule has 0 atom stereocenters. The molecule has 0 unspecified atom stereocenters. The molecule has 0 radical (unpaired) electrons. The first-order valence-electron chi connectivity index (χ1n) is 18.6. The molecular formula is C42H38N4O10S4-2. The van der Waals surface area contributed by atoms with E-state index >= 15 is 0 Å². The Morgan fingerprint density at radius 1 is 0.750 bits per heavy atom. The van der Waals surface area contributed by atoms with Gasteiger partial charge in [0.25, 0.3) is 11.8 Å². The highest BCUT2D eigenvalue weighted by molar-refractivity contribution is 8.27. The summed E-state index contributed by atoms with van der Waals surface area (Å²) in [6.07, 6.45) is 8.81. The van der Waals surface area contributed by atoms with Crippen molar-refractivity contribution in [3.63, 3.8) is 0 Å². The summed E-state index contributed by atoms with van der Waals surface area (Å²) in [4.78, 5) is 74.2. The number of ketones is 2. The van der Waals surface area contributed by atoms with Gasteiger partial charge in [-0.25, -0.2) is 4.89 Å². The minimum Gasteiger partial charge on any atom is -0.871 e. The molecule has 0 aromatic heterocycles. The third-order valence-corrected chi connectivity index (χ3v) is 14.2. The van der Waals surface area contributed by atoms with E-state index in [0.29, 0.717) is 10.7 Å². The highest BCUT2D eigenvalue weighted by Crippen LogP contribution is 2.56. The zero-order valence-corrected chi connectivity index (χ0v) is 36.5. The molecule has 4 heterocycles. The van der Waals surface area contributed by atoms with E-state index in [2.05, 4.69) is 11.0 Å². The molecule has 2 N–H and O–H groups in total. The fourth-order valence-electron chi connectivity index (χ4n) is 7.99. The number of carbonyl (C=O) groups excluding carboxylic acids is 4. The highest BCUT2D eigenvalue weighted by atomic mass is 32.2. The number of thioether (sulfide) groups is 2. The Bertz CT molecular complexity index is 2520. The molecule has 312 valence electrons. The lowest BCUT2D eigenvalue weighted by Crippen LogP contribution is -2.31. The number of hydrogen-bond donors (Lipinski definition) is 2. The second-order valence-corrected chi connectivity index (χ2v) is 19.0. The lowest BCUT2D eigenvalue weighted by Gasteiger charge is -2.32. The molecule has 4 aliphatic heterocycles. The maximum Gasteiger partial charge on any atom is 0.305 e. The minimum atomic E-state index is -1.07. The maximum absolute atomic E-state index is 13.3. The van der Waals surface area contributed by atoms with Gasteiger partial charge in [-0.1, -0.05) is 99.3 Å². The van der Waals surface area contributed by atoms with Gasteiger partial charge in [-0.05, 0) is 54.0 Å². The predicted molar refractivity (Wildman–Crippen MR) is 231 cm³/mol. The van der Waals surface area contributed by atoms with Crippen LogP contribution in [0.4, 0.5) is 11.4 Å². The van der Waals surface area contributed by atoms with E-state index in [-0.39, 0.29) is 68.4 Å². The number of rotatable bonds is 11. The van der Waals surface area contributed by atoms with Crippen LogP contribution >= 0.6 is 48.0 Å². The van der Waals surface area contributed by atoms with Crippen LogP contribution in [0.3, 0.4) is 0 Å². The largest absolute Gasteiger partial charge is 0.871 e. The third kappa shape index (κ3) is 6.97. The predicted octanol–water partition coefficient (Wildman–Crippen LogP) is 4.00. The van der Waals surface area contributed by atoms with Crippen LogP contribution in [0.2, 0.25) is 0 Å². The molecule has 0 bridgehead atoms. The Hall–Kier alpha value is -5.11.